The minimum atomic E-state index is -1.10. The summed E-state index contributed by atoms with van der Waals surface area (Å²) in [6.45, 7) is 3.33. The first-order valence-corrected chi connectivity index (χ1v) is 5.87. The standard InChI is InChI=1S/C12H17BrO4/c1-12(2,14)9-10(16-4)7(13)6-8(15-3)11(9)17-5/h6,14H,1-5H3. The van der Waals surface area contributed by atoms with Gasteiger partial charge in [0.2, 0.25) is 0 Å². The second kappa shape index (κ2) is 5.14. The van der Waals surface area contributed by atoms with Gasteiger partial charge in [0, 0.05) is 6.07 Å². The van der Waals surface area contributed by atoms with Gasteiger partial charge in [-0.15, -0.1) is 0 Å². The monoisotopic (exact) mass is 304 g/mol. The van der Waals surface area contributed by atoms with Gasteiger partial charge in [-0.1, -0.05) is 0 Å². The predicted octanol–water partition coefficient (Wildman–Crippen LogP) is 2.70. The maximum Gasteiger partial charge on any atom is 0.170 e. The van der Waals surface area contributed by atoms with Crippen LogP contribution in [0.4, 0.5) is 0 Å². The lowest BCUT2D eigenvalue weighted by Gasteiger charge is -2.25. The van der Waals surface area contributed by atoms with Crippen molar-refractivity contribution in [2.24, 2.45) is 0 Å². The Kier molecular flexibility index (Phi) is 4.27. The zero-order chi connectivity index (χ0) is 13.2. The van der Waals surface area contributed by atoms with Crippen molar-refractivity contribution in [3.05, 3.63) is 16.1 Å². The molecule has 5 heteroatoms. The molecule has 0 heterocycles. The van der Waals surface area contributed by atoms with Crippen molar-refractivity contribution >= 4 is 15.9 Å². The van der Waals surface area contributed by atoms with Crippen molar-refractivity contribution in [1.29, 1.82) is 0 Å². The molecule has 0 fully saturated rings. The second-order valence-electron chi connectivity index (χ2n) is 4.06. The van der Waals surface area contributed by atoms with Crippen LogP contribution >= 0.6 is 15.9 Å². The van der Waals surface area contributed by atoms with E-state index in [9.17, 15) is 5.11 Å². The molecular formula is C12H17BrO4. The summed E-state index contributed by atoms with van der Waals surface area (Å²) in [5.74, 6) is 1.55. The number of methoxy groups -OCH3 is 3. The van der Waals surface area contributed by atoms with Crippen LogP contribution in [-0.2, 0) is 5.60 Å². The van der Waals surface area contributed by atoms with Gasteiger partial charge in [-0.05, 0) is 29.8 Å². The Morgan fingerprint density at radius 3 is 1.94 bits per heavy atom. The summed E-state index contributed by atoms with van der Waals surface area (Å²) < 4.78 is 16.5. The molecule has 1 N–H and O–H groups in total. The molecule has 1 aromatic carbocycles. The molecule has 0 saturated carbocycles. The molecule has 0 saturated heterocycles. The van der Waals surface area contributed by atoms with Crippen molar-refractivity contribution in [2.45, 2.75) is 19.4 Å². The van der Waals surface area contributed by atoms with E-state index in [-0.39, 0.29) is 0 Å². The van der Waals surface area contributed by atoms with Crippen molar-refractivity contribution in [2.75, 3.05) is 21.3 Å². The lowest BCUT2D eigenvalue weighted by atomic mass is 9.95. The molecule has 4 nitrogen and oxygen atoms in total. The van der Waals surface area contributed by atoms with Gasteiger partial charge in [-0.3, -0.25) is 0 Å². The smallest absolute Gasteiger partial charge is 0.170 e. The van der Waals surface area contributed by atoms with E-state index >= 15 is 0 Å². The molecule has 0 aliphatic heterocycles. The van der Waals surface area contributed by atoms with Gasteiger partial charge in [-0.25, -0.2) is 0 Å². The largest absolute Gasteiger partial charge is 0.495 e. The summed E-state index contributed by atoms with van der Waals surface area (Å²) in [7, 11) is 4.62. The van der Waals surface area contributed by atoms with Crippen LogP contribution in [0.5, 0.6) is 17.2 Å². The Labute approximate surface area is 110 Å². The molecular weight excluding hydrogens is 288 g/mol. The van der Waals surface area contributed by atoms with Gasteiger partial charge in [-0.2, -0.15) is 0 Å². The van der Waals surface area contributed by atoms with Crippen molar-refractivity contribution in [3.63, 3.8) is 0 Å². The normalized spacial score (nSPS) is 11.2. The Morgan fingerprint density at radius 1 is 1.06 bits per heavy atom. The van der Waals surface area contributed by atoms with E-state index in [2.05, 4.69) is 15.9 Å². The summed E-state index contributed by atoms with van der Waals surface area (Å²) in [5, 5.41) is 10.2. The van der Waals surface area contributed by atoms with Crippen LogP contribution in [0.2, 0.25) is 0 Å². The average Bonchev–Trinajstić information content (AvgIpc) is 2.26. The quantitative estimate of drug-likeness (QED) is 0.929. The third-order valence-corrected chi connectivity index (χ3v) is 2.98. The molecule has 0 unspecified atom stereocenters. The van der Waals surface area contributed by atoms with Gasteiger partial charge in [0.25, 0.3) is 0 Å². The molecule has 0 aliphatic rings. The van der Waals surface area contributed by atoms with Crippen molar-refractivity contribution < 1.29 is 19.3 Å². The average molecular weight is 305 g/mol. The lowest BCUT2D eigenvalue weighted by Crippen LogP contribution is -2.19. The fraction of sp³-hybridized carbons (Fsp3) is 0.500. The van der Waals surface area contributed by atoms with Crippen LogP contribution in [0.3, 0.4) is 0 Å². The first-order valence-electron chi connectivity index (χ1n) is 5.08. The molecule has 1 aromatic rings. The van der Waals surface area contributed by atoms with Crippen molar-refractivity contribution in [3.8, 4) is 17.2 Å². The van der Waals surface area contributed by atoms with Crippen LogP contribution in [0.15, 0.2) is 10.5 Å². The number of ether oxygens (including phenoxy) is 3. The van der Waals surface area contributed by atoms with E-state index in [0.29, 0.717) is 27.3 Å². The zero-order valence-electron chi connectivity index (χ0n) is 10.6. The third kappa shape index (κ3) is 2.66. The highest BCUT2D eigenvalue weighted by atomic mass is 79.9. The maximum absolute atomic E-state index is 10.2. The number of hydrogen-bond donors (Lipinski definition) is 1. The summed E-state index contributed by atoms with van der Waals surface area (Å²) in [4.78, 5) is 0. The van der Waals surface area contributed by atoms with Gasteiger partial charge in [0.1, 0.15) is 5.75 Å². The molecule has 0 atom stereocenters. The summed E-state index contributed by atoms with van der Waals surface area (Å²) in [6, 6.07) is 1.74. The van der Waals surface area contributed by atoms with E-state index in [0.717, 1.165) is 0 Å². The summed E-state index contributed by atoms with van der Waals surface area (Å²) in [6.07, 6.45) is 0. The Bertz CT molecular complexity index is 410. The maximum atomic E-state index is 10.2. The number of halogens is 1. The summed E-state index contributed by atoms with van der Waals surface area (Å²) >= 11 is 3.38. The van der Waals surface area contributed by atoms with E-state index < -0.39 is 5.60 Å². The first-order chi connectivity index (χ1) is 7.86. The van der Waals surface area contributed by atoms with E-state index in [1.165, 1.54) is 7.11 Å². The minimum absolute atomic E-state index is 0.472. The van der Waals surface area contributed by atoms with Crippen LogP contribution in [0.1, 0.15) is 19.4 Å². The molecule has 0 amide bonds. The molecule has 0 aromatic heterocycles. The van der Waals surface area contributed by atoms with Crippen LogP contribution in [0, 0.1) is 0 Å². The Morgan fingerprint density at radius 2 is 1.59 bits per heavy atom. The van der Waals surface area contributed by atoms with E-state index in [1.807, 2.05) is 0 Å². The first kappa shape index (κ1) is 14.1. The number of hydrogen-bond acceptors (Lipinski definition) is 4. The predicted molar refractivity (Wildman–Crippen MR) is 69.0 cm³/mol. The van der Waals surface area contributed by atoms with Gasteiger partial charge in [0.15, 0.2) is 11.5 Å². The zero-order valence-corrected chi connectivity index (χ0v) is 12.2. The van der Waals surface area contributed by atoms with Crippen molar-refractivity contribution in [1.82, 2.24) is 0 Å². The highest BCUT2D eigenvalue weighted by molar-refractivity contribution is 9.10. The third-order valence-electron chi connectivity index (χ3n) is 2.39. The van der Waals surface area contributed by atoms with Gasteiger partial charge >= 0.3 is 0 Å². The SMILES string of the molecule is COc1cc(Br)c(OC)c(C(C)(C)O)c1OC. The van der Waals surface area contributed by atoms with E-state index in [4.69, 9.17) is 14.2 Å². The highest BCUT2D eigenvalue weighted by Crippen LogP contribution is 2.47. The Balaban J connectivity index is 3.65. The van der Waals surface area contributed by atoms with Gasteiger partial charge < -0.3 is 19.3 Å². The van der Waals surface area contributed by atoms with Crippen LogP contribution < -0.4 is 14.2 Å². The highest BCUT2D eigenvalue weighted by Gasteiger charge is 2.30. The topological polar surface area (TPSA) is 47.9 Å². The molecule has 1 rings (SSSR count). The number of aliphatic hydroxyl groups is 1. The summed E-state index contributed by atoms with van der Waals surface area (Å²) in [5.41, 5.74) is -0.554. The second-order valence-corrected chi connectivity index (χ2v) is 4.92. The van der Waals surface area contributed by atoms with E-state index in [1.54, 1.807) is 34.1 Å². The fourth-order valence-corrected chi connectivity index (χ4v) is 2.27. The van der Waals surface area contributed by atoms with Gasteiger partial charge in [0.05, 0.1) is 37.0 Å². The fourth-order valence-electron chi connectivity index (χ4n) is 1.70. The Hall–Kier alpha value is -0.940. The van der Waals surface area contributed by atoms with Crippen LogP contribution in [-0.4, -0.2) is 26.4 Å². The number of rotatable bonds is 4. The number of benzene rings is 1. The molecule has 17 heavy (non-hydrogen) atoms. The lowest BCUT2D eigenvalue weighted by molar-refractivity contribution is 0.0719. The minimum Gasteiger partial charge on any atom is -0.495 e. The van der Waals surface area contributed by atoms with Crippen LogP contribution in [0.25, 0.3) is 0 Å². The molecule has 0 aliphatic carbocycles. The molecule has 0 spiro atoms. The molecule has 0 bridgehead atoms. The molecule has 0 radical (unpaired) electrons. The molecule has 96 valence electrons.